The molecule has 0 bridgehead atoms. The Morgan fingerprint density at radius 2 is 2.50 bits per heavy atom. The molecule has 10 heavy (non-hydrogen) atoms. The molecule has 0 saturated heterocycles. The first-order valence-electron chi connectivity index (χ1n) is 2.97. The number of cyclic esters (lactones) is 1. The molecule has 1 aliphatic heterocycles. The third kappa shape index (κ3) is 1.26. The summed E-state index contributed by atoms with van der Waals surface area (Å²) in [5.74, 6) is 0.440. The Balaban J connectivity index is 2.68. The first-order chi connectivity index (χ1) is 4.75. The van der Waals surface area contributed by atoms with Gasteiger partial charge >= 0.3 is 5.97 Å². The van der Waals surface area contributed by atoms with Crippen LogP contribution >= 0.6 is 11.8 Å². The lowest BCUT2D eigenvalue weighted by molar-refractivity contribution is -0.135. The summed E-state index contributed by atoms with van der Waals surface area (Å²) in [6, 6.07) is 0. The lowest BCUT2D eigenvalue weighted by Crippen LogP contribution is -1.96. The standard InChI is InChI=1S/C6H8O3S/c1-2-10-5-4(7)3-9-6(5)8/h7H,2-3H2,1H3. The van der Waals surface area contributed by atoms with Crippen LogP contribution in [0.5, 0.6) is 0 Å². The van der Waals surface area contributed by atoms with Crippen LogP contribution in [-0.4, -0.2) is 23.4 Å². The SMILES string of the molecule is CCSC1=C(O)COC1=O. The van der Waals surface area contributed by atoms with Crippen molar-refractivity contribution in [2.24, 2.45) is 0 Å². The van der Waals surface area contributed by atoms with Crippen LogP contribution in [0, 0.1) is 0 Å². The first-order valence-corrected chi connectivity index (χ1v) is 3.96. The zero-order valence-electron chi connectivity index (χ0n) is 5.59. The number of aliphatic hydroxyl groups excluding tert-OH is 1. The quantitative estimate of drug-likeness (QED) is 0.614. The number of thioether (sulfide) groups is 1. The summed E-state index contributed by atoms with van der Waals surface area (Å²) in [4.78, 5) is 11.1. The Hall–Kier alpha value is -0.640. The van der Waals surface area contributed by atoms with Crippen molar-refractivity contribution in [1.29, 1.82) is 0 Å². The minimum atomic E-state index is -0.399. The average molecular weight is 160 g/mol. The van der Waals surface area contributed by atoms with Gasteiger partial charge in [0.05, 0.1) is 0 Å². The normalized spacial score (nSPS) is 17.9. The van der Waals surface area contributed by atoms with Crippen molar-refractivity contribution in [3.63, 3.8) is 0 Å². The molecule has 0 unspecified atom stereocenters. The van der Waals surface area contributed by atoms with Gasteiger partial charge in [-0.2, -0.15) is 0 Å². The lowest BCUT2D eigenvalue weighted by atomic mass is 10.5. The molecule has 0 fully saturated rings. The Morgan fingerprint density at radius 3 is 2.90 bits per heavy atom. The molecule has 0 atom stereocenters. The second-order valence-corrected chi connectivity index (χ2v) is 3.06. The average Bonchev–Trinajstić information content (AvgIpc) is 2.20. The van der Waals surface area contributed by atoms with Gasteiger partial charge < -0.3 is 9.84 Å². The van der Waals surface area contributed by atoms with E-state index in [0.717, 1.165) is 5.75 Å². The van der Waals surface area contributed by atoms with Gasteiger partial charge in [-0.05, 0) is 5.75 Å². The maximum atomic E-state index is 10.7. The summed E-state index contributed by atoms with van der Waals surface area (Å²) in [5.41, 5.74) is 0. The molecule has 0 saturated carbocycles. The zero-order valence-corrected chi connectivity index (χ0v) is 6.40. The fourth-order valence-corrected chi connectivity index (χ4v) is 1.36. The molecule has 0 amide bonds. The van der Waals surface area contributed by atoms with E-state index in [4.69, 9.17) is 5.11 Å². The van der Waals surface area contributed by atoms with Crippen LogP contribution in [0.1, 0.15) is 6.92 Å². The maximum Gasteiger partial charge on any atom is 0.348 e. The summed E-state index contributed by atoms with van der Waals surface area (Å²) >= 11 is 1.31. The number of hydrogen-bond acceptors (Lipinski definition) is 4. The Bertz CT molecular complexity index is 185. The van der Waals surface area contributed by atoms with Gasteiger partial charge in [-0.1, -0.05) is 6.92 Å². The van der Waals surface area contributed by atoms with E-state index in [1.165, 1.54) is 11.8 Å². The molecule has 1 aliphatic rings. The first kappa shape index (κ1) is 7.47. The van der Waals surface area contributed by atoms with Crippen LogP contribution in [0.3, 0.4) is 0 Å². The largest absolute Gasteiger partial charge is 0.507 e. The molecule has 1 heterocycles. The number of esters is 1. The fraction of sp³-hybridized carbons (Fsp3) is 0.500. The third-order valence-electron chi connectivity index (χ3n) is 1.08. The monoisotopic (exact) mass is 160 g/mol. The molecular weight excluding hydrogens is 152 g/mol. The Labute approximate surface area is 63.1 Å². The van der Waals surface area contributed by atoms with Gasteiger partial charge in [-0.3, -0.25) is 0 Å². The minimum Gasteiger partial charge on any atom is -0.507 e. The Kier molecular flexibility index (Phi) is 2.21. The molecule has 1 rings (SSSR count). The van der Waals surface area contributed by atoms with E-state index in [1.54, 1.807) is 0 Å². The summed E-state index contributed by atoms with van der Waals surface area (Å²) in [5, 5.41) is 9.00. The molecule has 0 spiro atoms. The van der Waals surface area contributed by atoms with Crippen molar-refractivity contribution in [3.05, 3.63) is 10.7 Å². The molecule has 56 valence electrons. The summed E-state index contributed by atoms with van der Waals surface area (Å²) in [7, 11) is 0. The van der Waals surface area contributed by atoms with Crippen LogP contribution in [0.4, 0.5) is 0 Å². The molecule has 0 aliphatic carbocycles. The number of hydrogen-bond donors (Lipinski definition) is 1. The van der Waals surface area contributed by atoms with Gasteiger partial charge in [0.2, 0.25) is 0 Å². The molecule has 4 heteroatoms. The number of ether oxygens (including phenoxy) is 1. The summed E-state index contributed by atoms with van der Waals surface area (Å²) in [6.45, 7) is 1.96. The van der Waals surface area contributed by atoms with Gasteiger partial charge in [0, 0.05) is 0 Å². The molecule has 0 aromatic carbocycles. The predicted molar refractivity (Wildman–Crippen MR) is 38.7 cm³/mol. The fourth-order valence-electron chi connectivity index (χ4n) is 0.669. The zero-order chi connectivity index (χ0) is 7.56. The van der Waals surface area contributed by atoms with Crippen LogP contribution < -0.4 is 0 Å². The maximum absolute atomic E-state index is 10.7. The number of rotatable bonds is 2. The van der Waals surface area contributed by atoms with Crippen LogP contribution in [0.2, 0.25) is 0 Å². The predicted octanol–water partition coefficient (Wildman–Crippen LogP) is 1.07. The molecular formula is C6H8O3S. The van der Waals surface area contributed by atoms with Crippen molar-refractivity contribution < 1.29 is 14.6 Å². The van der Waals surface area contributed by atoms with Crippen molar-refractivity contribution in [3.8, 4) is 0 Å². The van der Waals surface area contributed by atoms with Gasteiger partial charge in [-0.25, -0.2) is 4.79 Å². The van der Waals surface area contributed by atoms with Crippen LogP contribution in [-0.2, 0) is 9.53 Å². The second-order valence-electron chi connectivity index (χ2n) is 1.78. The minimum absolute atomic E-state index is 0.0428. The molecule has 0 aromatic heterocycles. The van der Waals surface area contributed by atoms with Gasteiger partial charge in [-0.15, -0.1) is 11.8 Å². The Morgan fingerprint density at radius 1 is 1.80 bits per heavy atom. The summed E-state index contributed by atoms with van der Waals surface area (Å²) in [6.07, 6.45) is 0. The number of aliphatic hydroxyl groups is 1. The smallest absolute Gasteiger partial charge is 0.348 e. The van der Waals surface area contributed by atoms with Crippen molar-refractivity contribution in [2.75, 3.05) is 12.4 Å². The molecule has 0 aromatic rings. The number of carbonyl (C=O) groups is 1. The highest BCUT2D eigenvalue weighted by Crippen LogP contribution is 2.24. The van der Waals surface area contributed by atoms with Crippen molar-refractivity contribution in [2.45, 2.75) is 6.92 Å². The second kappa shape index (κ2) is 2.96. The highest BCUT2D eigenvalue weighted by Gasteiger charge is 2.23. The van der Waals surface area contributed by atoms with E-state index in [0.29, 0.717) is 4.91 Å². The highest BCUT2D eigenvalue weighted by atomic mass is 32.2. The lowest BCUT2D eigenvalue weighted by Gasteiger charge is -1.92. The number of carbonyl (C=O) groups excluding carboxylic acids is 1. The third-order valence-corrected chi connectivity index (χ3v) is 2.06. The van der Waals surface area contributed by atoms with E-state index < -0.39 is 5.97 Å². The van der Waals surface area contributed by atoms with Gasteiger partial charge in [0.15, 0.2) is 5.76 Å². The van der Waals surface area contributed by atoms with Crippen molar-refractivity contribution >= 4 is 17.7 Å². The van der Waals surface area contributed by atoms with Crippen LogP contribution in [0.15, 0.2) is 10.7 Å². The topological polar surface area (TPSA) is 46.5 Å². The highest BCUT2D eigenvalue weighted by molar-refractivity contribution is 8.03. The molecule has 1 N–H and O–H groups in total. The molecule has 0 radical (unpaired) electrons. The van der Waals surface area contributed by atoms with E-state index in [1.807, 2.05) is 6.92 Å². The molecule has 3 nitrogen and oxygen atoms in total. The van der Waals surface area contributed by atoms with Crippen LogP contribution in [0.25, 0.3) is 0 Å². The van der Waals surface area contributed by atoms with E-state index in [9.17, 15) is 4.79 Å². The summed E-state index contributed by atoms with van der Waals surface area (Å²) < 4.78 is 4.55. The van der Waals surface area contributed by atoms with Gasteiger partial charge in [0.25, 0.3) is 0 Å². The van der Waals surface area contributed by atoms with E-state index >= 15 is 0 Å². The van der Waals surface area contributed by atoms with E-state index in [2.05, 4.69) is 4.74 Å². The van der Waals surface area contributed by atoms with Gasteiger partial charge in [0.1, 0.15) is 11.5 Å². The van der Waals surface area contributed by atoms with Crippen molar-refractivity contribution in [1.82, 2.24) is 0 Å². The van der Waals surface area contributed by atoms with E-state index in [-0.39, 0.29) is 12.4 Å².